The summed E-state index contributed by atoms with van der Waals surface area (Å²) in [6.45, 7) is 4.62. The van der Waals surface area contributed by atoms with Crippen LogP contribution in [0.1, 0.15) is 17.1 Å². The second-order valence-electron chi connectivity index (χ2n) is 3.73. The van der Waals surface area contributed by atoms with Crippen molar-refractivity contribution in [2.75, 3.05) is 6.54 Å². The van der Waals surface area contributed by atoms with Gasteiger partial charge in [0.15, 0.2) is 0 Å². The Balaban J connectivity index is 2.74. The monoisotopic (exact) mass is 201 g/mol. The summed E-state index contributed by atoms with van der Waals surface area (Å²) in [5.41, 5.74) is 8.88. The first-order valence-corrected chi connectivity index (χ1v) is 5.15. The van der Waals surface area contributed by atoms with Crippen LogP contribution >= 0.6 is 0 Å². The zero-order valence-corrected chi connectivity index (χ0v) is 9.12. The van der Waals surface area contributed by atoms with Crippen LogP contribution in [0.4, 0.5) is 0 Å². The number of hydrogen-bond donors (Lipinski definition) is 1. The standard InChI is InChI=1S/C12H15N3/c1-8-4-3-5-10-11(6-7-13)14-9(2)15-12(8)10/h3-5H,6-7,13H2,1-2H3. The first kappa shape index (κ1) is 10.1. The van der Waals surface area contributed by atoms with Crippen LogP contribution in [-0.4, -0.2) is 16.5 Å². The quantitative estimate of drug-likeness (QED) is 0.805. The van der Waals surface area contributed by atoms with Crippen LogP contribution in [0.15, 0.2) is 18.2 Å². The third-order valence-electron chi connectivity index (χ3n) is 2.50. The number of para-hydroxylation sites is 1. The molecule has 2 N–H and O–H groups in total. The predicted molar refractivity (Wildman–Crippen MR) is 61.8 cm³/mol. The van der Waals surface area contributed by atoms with E-state index < -0.39 is 0 Å². The van der Waals surface area contributed by atoms with Gasteiger partial charge < -0.3 is 5.73 Å². The normalized spacial score (nSPS) is 10.9. The summed E-state index contributed by atoms with van der Waals surface area (Å²) in [6, 6.07) is 6.17. The molecule has 2 aromatic rings. The minimum absolute atomic E-state index is 0.624. The van der Waals surface area contributed by atoms with E-state index in [1.54, 1.807) is 0 Å². The lowest BCUT2D eigenvalue weighted by Crippen LogP contribution is -2.07. The van der Waals surface area contributed by atoms with Crippen LogP contribution in [0.2, 0.25) is 0 Å². The maximum atomic E-state index is 5.58. The second-order valence-corrected chi connectivity index (χ2v) is 3.73. The van der Waals surface area contributed by atoms with Gasteiger partial charge in [-0.2, -0.15) is 0 Å². The summed E-state index contributed by atoms with van der Waals surface area (Å²) in [7, 11) is 0. The number of benzene rings is 1. The van der Waals surface area contributed by atoms with E-state index in [1.807, 2.05) is 13.0 Å². The summed E-state index contributed by atoms with van der Waals surface area (Å²) in [4.78, 5) is 8.91. The largest absolute Gasteiger partial charge is 0.330 e. The van der Waals surface area contributed by atoms with Gasteiger partial charge in [0.25, 0.3) is 0 Å². The maximum Gasteiger partial charge on any atom is 0.126 e. The predicted octanol–water partition coefficient (Wildman–Crippen LogP) is 1.75. The molecule has 0 unspecified atom stereocenters. The lowest BCUT2D eigenvalue weighted by Gasteiger charge is -2.07. The number of rotatable bonds is 2. The van der Waals surface area contributed by atoms with Gasteiger partial charge in [-0.15, -0.1) is 0 Å². The van der Waals surface area contributed by atoms with E-state index in [2.05, 4.69) is 29.0 Å². The van der Waals surface area contributed by atoms with Crippen LogP contribution in [-0.2, 0) is 6.42 Å². The Morgan fingerprint density at radius 3 is 2.73 bits per heavy atom. The van der Waals surface area contributed by atoms with Crippen LogP contribution in [0.25, 0.3) is 10.9 Å². The molecule has 3 heteroatoms. The SMILES string of the molecule is Cc1nc(CCN)c2cccc(C)c2n1. The zero-order chi connectivity index (χ0) is 10.8. The molecule has 1 aromatic carbocycles. The minimum Gasteiger partial charge on any atom is -0.330 e. The molecular weight excluding hydrogens is 186 g/mol. The molecule has 3 nitrogen and oxygen atoms in total. The summed E-state index contributed by atoms with van der Waals surface area (Å²) >= 11 is 0. The van der Waals surface area contributed by atoms with Gasteiger partial charge >= 0.3 is 0 Å². The van der Waals surface area contributed by atoms with Crippen molar-refractivity contribution in [2.45, 2.75) is 20.3 Å². The minimum atomic E-state index is 0.624. The number of hydrogen-bond acceptors (Lipinski definition) is 3. The highest BCUT2D eigenvalue weighted by atomic mass is 14.9. The Hall–Kier alpha value is -1.48. The van der Waals surface area contributed by atoms with Gasteiger partial charge in [0, 0.05) is 11.8 Å². The lowest BCUT2D eigenvalue weighted by molar-refractivity contribution is 0.907. The van der Waals surface area contributed by atoms with Crippen molar-refractivity contribution in [2.24, 2.45) is 5.73 Å². The number of aryl methyl sites for hydroxylation is 2. The average Bonchev–Trinajstić information content (AvgIpc) is 2.20. The van der Waals surface area contributed by atoms with Gasteiger partial charge in [-0.05, 0) is 26.0 Å². The van der Waals surface area contributed by atoms with E-state index in [9.17, 15) is 0 Å². The average molecular weight is 201 g/mol. The Labute approximate surface area is 89.4 Å². The van der Waals surface area contributed by atoms with Crippen LogP contribution < -0.4 is 5.73 Å². The third-order valence-corrected chi connectivity index (χ3v) is 2.50. The number of fused-ring (bicyclic) bond motifs is 1. The fraction of sp³-hybridized carbons (Fsp3) is 0.333. The smallest absolute Gasteiger partial charge is 0.126 e. The van der Waals surface area contributed by atoms with Crippen molar-refractivity contribution in [1.82, 2.24) is 9.97 Å². The number of nitrogens with two attached hydrogens (primary N) is 1. The molecule has 0 spiro atoms. The molecule has 15 heavy (non-hydrogen) atoms. The Morgan fingerprint density at radius 1 is 1.20 bits per heavy atom. The second kappa shape index (κ2) is 3.95. The molecule has 1 heterocycles. The van der Waals surface area contributed by atoms with E-state index in [0.717, 1.165) is 28.8 Å². The van der Waals surface area contributed by atoms with Gasteiger partial charge in [-0.1, -0.05) is 18.2 Å². The van der Waals surface area contributed by atoms with E-state index >= 15 is 0 Å². The van der Waals surface area contributed by atoms with Gasteiger partial charge in [0.2, 0.25) is 0 Å². The molecule has 0 aliphatic rings. The molecule has 0 radical (unpaired) electrons. The zero-order valence-electron chi connectivity index (χ0n) is 9.12. The van der Waals surface area contributed by atoms with Crippen LogP contribution in [0.3, 0.4) is 0 Å². The summed E-state index contributed by atoms with van der Waals surface area (Å²) in [5, 5.41) is 1.13. The molecule has 0 bridgehead atoms. The van der Waals surface area contributed by atoms with Gasteiger partial charge in [-0.3, -0.25) is 0 Å². The molecule has 0 saturated carbocycles. The summed E-state index contributed by atoms with van der Waals surface area (Å²) in [6.07, 6.45) is 0.809. The molecule has 0 saturated heterocycles. The van der Waals surface area contributed by atoms with E-state index in [4.69, 9.17) is 5.73 Å². The molecule has 0 aliphatic heterocycles. The van der Waals surface area contributed by atoms with E-state index in [0.29, 0.717) is 6.54 Å². The molecule has 2 rings (SSSR count). The lowest BCUT2D eigenvalue weighted by atomic mass is 10.1. The molecule has 0 amide bonds. The van der Waals surface area contributed by atoms with Gasteiger partial charge in [0.1, 0.15) is 5.82 Å². The molecule has 0 aliphatic carbocycles. The first-order chi connectivity index (χ1) is 7.22. The van der Waals surface area contributed by atoms with Gasteiger partial charge in [-0.25, -0.2) is 9.97 Å². The van der Waals surface area contributed by atoms with E-state index in [1.165, 1.54) is 5.56 Å². The highest BCUT2D eigenvalue weighted by molar-refractivity contribution is 5.83. The number of nitrogens with zero attached hydrogens (tertiary/aromatic N) is 2. The molecular formula is C12H15N3. The van der Waals surface area contributed by atoms with Crippen molar-refractivity contribution in [3.63, 3.8) is 0 Å². The highest BCUT2D eigenvalue weighted by Crippen LogP contribution is 2.19. The Bertz CT molecular complexity index is 491. The fourth-order valence-corrected chi connectivity index (χ4v) is 1.81. The fourth-order valence-electron chi connectivity index (χ4n) is 1.81. The summed E-state index contributed by atoms with van der Waals surface area (Å²) in [5.74, 6) is 0.820. The first-order valence-electron chi connectivity index (χ1n) is 5.15. The topological polar surface area (TPSA) is 51.8 Å². The van der Waals surface area contributed by atoms with Gasteiger partial charge in [0.05, 0.1) is 11.2 Å². The van der Waals surface area contributed by atoms with Crippen molar-refractivity contribution in [1.29, 1.82) is 0 Å². The van der Waals surface area contributed by atoms with Crippen molar-refractivity contribution < 1.29 is 0 Å². The third kappa shape index (κ3) is 1.83. The molecule has 0 atom stereocenters. The maximum absolute atomic E-state index is 5.58. The summed E-state index contributed by atoms with van der Waals surface area (Å²) < 4.78 is 0. The Kier molecular flexibility index (Phi) is 2.64. The van der Waals surface area contributed by atoms with Crippen molar-refractivity contribution in [3.05, 3.63) is 35.3 Å². The number of aromatic nitrogens is 2. The van der Waals surface area contributed by atoms with Crippen LogP contribution in [0.5, 0.6) is 0 Å². The van der Waals surface area contributed by atoms with Crippen LogP contribution in [0, 0.1) is 13.8 Å². The molecule has 1 aromatic heterocycles. The van der Waals surface area contributed by atoms with Crippen molar-refractivity contribution >= 4 is 10.9 Å². The van der Waals surface area contributed by atoms with Crippen molar-refractivity contribution in [3.8, 4) is 0 Å². The highest BCUT2D eigenvalue weighted by Gasteiger charge is 2.06. The molecule has 0 fully saturated rings. The Morgan fingerprint density at radius 2 is 2.00 bits per heavy atom. The van der Waals surface area contributed by atoms with E-state index in [-0.39, 0.29) is 0 Å². The molecule has 78 valence electrons.